The zero-order chi connectivity index (χ0) is 19.1. The van der Waals surface area contributed by atoms with Crippen molar-refractivity contribution in [2.75, 3.05) is 26.1 Å². The molecule has 0 radical (unpaired) electrons. The molecule has 2 aromatic rings. The molecular weight excluding hydrogens is 356 g/mol. The molecule has 0 aliphatic heterocycles. The van der Waals surface area contributed by atoms with E-state index in [9.17, 15) is 9.59 Å². The quantitative estimate of drug-likeness (QED) is 0.727. The molecule has 26 heavy (non-hydrogen) atoms. The second-order valence-corrected chi connectivity index (χ2v) is 5.62. The second-order valence-electron chi connectivity index (χ2n) is 5.22. The lowest BCUT2D eigenvalue weighted by atomic mass is 10.1. The Labute approximate surface area is 156 Å². The smallest absolute Gasteiger partial charge is 0.255 e. The van der Waals surface area contributed by atoms with E-state index in [2.05, 4.69) is 17.2 Å². The van der Waals surface area contributed by atoms with Crippen LogP contribution in [-0.2, 0) is 0 Å². The molecule has 0 aliphatic rings. The first kappa shape index (κ1) is 19.3. The van der Waals surface area contributed by atoms with Gasteiger partial charge in [0.2, 0.25) is 0 Å². The van der Waals surface area contributed by atoms with Crippen LogP contribution in [0.25, 0.3) is 0 Å². The van der Waals surface area contributed by atoms with Gasteiger partial charge in [-0.1, -0.05) is 17.7 Å². The normalized spacial score (nSPS) is 9.96. The van der Waals surface area contributed by atoms with E-state index in [1.807, 2.05) is 0 Å². The fourth-order valence-electron chi connectivity index (χ4n) is 2.19. The molecule has 2 aromatic carbocycles. The molecule has 0 bridgehead atoms. The molecule has 2 amide bonds. The van der Waals surface area contributed by atoms with Gasteiger partial charge in [-0.2, -0.15) is 0 Å². The largest absolute Gasteiger partial charge is 0.495 e. The topological polar surface area (TPSA) is 76.7 Å². The van der Waals surface area contributed by atoms with Crippen LogP contribution in [0.3, 0.4) is 0 Å². The van der Waals surface area contributed by atoms with Crippen LogP contribution in [0.5, 0.6) is 11.5 Å². The minimum atomic E-state index is -0.356. The average molecular weight is 375 g/mol. The van der Waals surface area contributed by atoms with Gasteiger partial charge in [0.05, 0.1) is 24.9 Å². The van der Waals surface area contributed by atoms with Crippen LogP contribution >= 0.6 is 11.6 Å². The molecule has 0 spiro atoms. The van der Waals surface area contributed by atoms with Crippen LogP contribution in [0, 0.1) is 0 Å². The Kier molecular flexibility index (Phi) is 6.63. The first-order valence-electron chi connectivity index (χ1n) is 7.72. The number of nitrogens with one attached hydrogen (secondary N) is 2. The summed E-state index contributed by atoms with van der Waals surface area (Å²) in [5, 5.41) is 5.79. The monoisotopic (exact) mass is 374 g/mol. The number of benzene rings is 2. The zero-order valence-electron chi connectivity index (χ0n) is 14.5. The van der Waals surface area contributed by atoms with Crippen LogP contribution < -0.4 is 20.1 Å². The molecule has 0 aromatic heterocycles. The number of hydrogen-bond acceptors (Lipinski definition) is 4. The molecule has 0 saturated heterocycles. The van der Waals surface area contributed by atoms with E-state index in [0.29, 0.717) is 39.9 Å². The average Bonchev–Trinajstić information content (AvgIpc) is 2.67. The maximum atomic E-state index is 12.5. The van der Waals surface area contributed by atoms with E-state index in [0.717, 1.165) is 0 Å². The molecule has 0 heterocycles. The van der Waals surface area contributed by atoms with Gasteiger partial charge in [-0.05, 0) is 24.3 Å². The Morgan fingerprint density at radius 1 is 1.04 bits per heavy atom. The van der Waals surface area contributed by atoms with E-state index < -0.39 is 0 Å². The van der Waals surface area contributed by atoms with Gasteiger partial charge in [0.15, 0.2) is 0 Å². The molecule has 0 saturated carbocycles. The minimum Gasteiger partial charge on any atom is -0.495 e. The van der Waals surface area contributed by atoms with Crippen molar-refractivity contribution in [2.24, 2.45) is 0 Å². The Hall–Kier alpha value is -2.99. The van der Waals surface area contributed by atoms with E-state index in [1.54, 1.807) is 42.5 Å². The lowest BCUT2D eigenvalue weighted by Crippen LogP contribution is -2.23. The van der Waals surface area contributed by atoms with Crippen LogP contribution in [0.15, 0.2) is 49.1 Å². The Bertz CT molecular complexity index is 819. The first-order chi connectivity index (χ1) is 12.5. The van der Waals surface area contributed by atoms with Crippen molar-refractivity contribution in [2.45, 2.75) is 0 Å². The Morgan fingerprint density at radius 3 is 2.15 bits per heavy atom. The number of hydrogen-bond donors (Lipinski definition) is 2. The highest BCUT2D eigenvalue weighted by Gasteiger charge is 2.14. The number of rotatable bonds is 7. The highest BCUT2D eigenvalue weighted by atomic mass is 35.5. The van der Waals surface area contributed by atoms with Gasteiger partial charge in [-0.25, -0.2) is 0 Å². The fourth-order valence-corrected chi connectivity index (χ4v) is 2.42. The molecule has 6 nitrogen and oxygen atoms in total. The number of anilines is 1. The summed E-state index contributed by atoms with van der Waals surface area (Å²) in [6, 6.07) is 9.43. The van der Waals surface area contributed by atoms with Gasteiger partial charge >= 0.3 is 0 Å². The number of amides is 2. The third-order valence-corrected chi connectivity index (χ3v) is 3.83. The number of ether oxygens (including phenoxy) is 2. The summed E-state index contributed by atoms with van der Waals surface area (Å²) >= 11 is 6.06. The highest BCUT2D eigenvalue weighted by molar-refractivity contribution is 6.32. The van der Waals surface area contributed by atoms with Gasteiger partial charge in [0.1, 0.15) is 11.5 Å². The summed E-state index contributed by atoms with van der Waals surface area (Å²) < 4.78 is 10.4. The molecular formula is C19H19ClN2O4. The van der Waals surface area contributed by atoms with Crippen LogP contribution in [0.4, 0.5) is 5.69 Å². The maximum absolute atomic E-state index is 12.5. The molecule has 0 unspecified atom stereocenters. The van der Waals surface area contributed by atoms with Gasteiger partial charge in [-0.15, -0.1) is 6.58 Å². The number of carbonyl (C=O) groups excluding carboxylic acids is 2. The van der Waals surface area contributed by atoms with Crippen LogP contribution in [0.2, 0.25) is 5.02 Å². The van der Waals surface area contributed by atoms with Crippen molar-refractivity contribution in [3.8, 4) is 11.5 Å². The summed E-state index contributed by atoms with van der Waals surface area (Å²) in [6.07, 6.45) is 1.59. The van der Waals surface area contributed by atoms with Crippen molar-refractivity contribution in [3.63, 3.8) is 0 Å². The maximum Gasteiger partial charge on any atom is 0.255 e. The minimum absolute atomic E-state index is 0.235. The summed E-state index contributed by atoms with van der Waals surface area (Å²) in [5.74, 6) is 0.230. The Morgan fingerprint density at radius 2 is 1.62 bits per heavy atom. The first-order valence-corrected chi connectivity index (χ1v) is 8.10. The van der Waals surface area contributed by atoms with Gasteiger partial charge in [0, 0.05) is 29.8 Å². The molecule has 0 aliphatic carbocycles. The SMILES string of the molecule is C=CCNC(=O)c1ccc(C(=O)Nc2cc(OC)c(Cl)cc2OC)cc1. The van der Waals surface area contributed by atoms with Crippen molar-refractivity contribution in [1.82, 2.24) is 5.32 Å². The Balaban J connectivity index is 2.17. The summed E-state index contributed by atoms with van der Waals surface area (Å²) in [4.78, 5) is 24.3. The second kappa shape index (κ2) is 8.92. The van der Waals surface area contributed by atoms with Crippen LogP contribution in [0.1, 0.15) is 20.7 Å². The lowest BCUT2D eigenvalue weighted by molar-refractivity contribution is 0.0956. The van der Waals surface area contributed by atoms with Crippen molar-refractivity contribution >= 4 is 29.1 Å². The molecule has 7 heteroatoms. The predicted octanol–water partition coefficient (Wildman–Crippen LogP) is 3.53. The van der Waals surface area contributed by atoms with E-state index >= 15 is 0 Å². The van der Waals surface area contributed by atoms with Gasteiger partial charge in [-0.3, -0.25) is 9.59 Å². The van der Waals surface area contributed by atoms with E-state index in [1.165, 1.54) is 14.2 Å². The molecule has 0 fully saturated rings. The number of carbonyl (C=O) groups is 2. The number of methoxy groups -OCH3 is 2. The predicted molar refractivity (Wildman–Crippen MR) is 101 cm³/mol. The highest BCUT2D eigenvalue weighted by Crippen LogP contribution is 2.36. The van der Waals surface area contributed by atoms with E-state index in [-0.39, 0.29) is 11.8 Å². The third-order valence-electron chi connectivity index (χ3n) is 3.54. The van der Waals surface area contributed by atoms with Crippen molar-refractivity contribution < 1.29 is 19.1 Å². The van der Waals surface area contributed by atoms with E-state index in [4.69, 9.17) is 21.1 Å². The number of halogens is 1. The van der Waals surface area contributed by atoms with Crippen molar-refractivity contribution in [1.29, 1.82) is 0 Å². The van der Waals surface area contributed by atoms with Gasteiger partial charge < -0.3 is 20.1 Å². The molecule has 0 atom stereocenters. The summed E-state index contributed by atoms with van der Waals surface area (Å²) in [7, 11) is 2.96. The van der Waals surface area contributed by atoms with Gasteiger partial charge in [0.25, 0.3) is 11.8 Å². The standard InChI is InChI=1S/C19H19ClN2O4/c1-4-9-21-18(23)12-5-7-13(8-6-12)19(24)22-15-11-16(25-2)14(20)10-17(15)26-3/h4-8,10-11H,1,9H2,2-3H3,(H,21,23)(H,22,24). The lowest BCUT2D eigenvalue weighted by Gasteiger charge is -2.13. The van der Waals surface area contributed by atoms with Crippen LogP contribution in [-0.4, -0.2) is 32.6 Å². The summed E-state index contributed by atoms with van der Waals surface area (Å²) in [5.41, 5.74) is 1.27. The summed E-state index contributed by atoms with van der Waals surface area (Å²) in [6.45, 7) is 3.91. The zero-order valence-corrected chi connectivity index (χ0v) is 15.2. The third kappa shape index (κ3) is 4.55. The van der Waals surface area contributed by atoms with Crippen molar-refractivity contribution in [3.05, 3.63) is 65.2 Å². The molecule has 2 rings (SSSR count). The molecule has 136 valence electrons. The molecule has 2 N–H and O–H groups in total. The fraction of sp³-hybridized carbons (Fsp3) is 0.158.